The molecule has 1 aliphatic carbocycles. The highest BCUT2D eigenvalue weighted by molar-refractivity contribution is 5.88. The smallest absolute Gasteiger partial charge is 0.244 e. The Balaban J connectivity index is 2.26. The van der Waals surface area contributed by atoms with E-state index in [1.165, 1.54) is 24.8 Å². The van der Waals surface area contributed by atoms with E-state index in [0.29, 0.717) is 0 Å². The van der Waals surface area contributed by atoms with Gasteiger partial charge in [0.2, 0.25) is 5.91 Å². The quantitative estimate of drug-likeness (QED) is 0.808. The van der Waals surface area contributed by atoms with Crippen molar-refractivity contribution >= 4 is 5.91 Å². The summed E-state index contributed by atoms with van der Waals surface area (Å²) < 4.78 is 0. The third-order valence-electron chi connectivity index (χ3n) is 3.71. The molecule has 1 saturated carbocycles. The van der Waals surface area contributed by atoms with Crippen LogP contribution in [0.5, 0.6) is 0 Å². The summed E-state index contributed by atoms with van der Waals surface area (Å²) in [5.41, 5.74) is 1.08. The summed E-state index contributed by atoms with van der Waals surface area (Å²) in [5.74, 6) is 0.0169. The monoisotopic (exact) mass is 243 g/mol. The van der Waals surface area contributed by atoms with Crippen LogP contribution in [0.2, 0.25) is 0 Å². The van der Waals surface area contributed by atoms with E-state index < -0.39 is 0 Å². The number of carbonyl (C=O) groups excluding carboxylic acids is 1. The molecule has 2 rings (SSSR count). The molecule has 18 heavy (non-hydrogen) atoms. The molecule has 1 amide bonds. The van der Waals surface area contributed by atoms with Crippen molar-refractivity contribution in [1.82, 2.24) is 5.32 Å². The second-order valence-electron chi connectivity index (χ2n) is 5.00. The largest absolute Gasteiger partial charge is 0.343 e. The molecule has 1 aromatic carbocycles. The number of rotatable bonds is 3. The van der Waals surface area contributed by atoms with Crippen LogP contribution >= 0.6 is 0 Å². The summed E-state index contributed by atoms with van der Waals surface area (Å²) in [5, 5.41) is 3.22. The minimum Gasteiger partial charge on any atom is -0.343 e. The van der Waals surface area contributed by atoms with E-state index >= 15 is 0 Å². The lowest BCUT2D eigenvalue weighted by Gasteiger charge is -2.38. The molecule has 1 fully saturated rings. The van der Waals surface area contributed by atoms with E-state index in [-0.39, 0.29) is 11.4 Å². The first-order valence-electron chi connectivity index (χ1n) is 6.77. The Morgan fingerprint density at radius 3 is 2.44 bits per heavy atom. The van der Waals surface area contributed by atoms with Gasteiger partial charge in [-0.05, 0) is 31.4 Å². The summed E-state index contributed by atoms with van der Waals surface area (Å²) in [4.78, 5) is 11.9. The van der Waals surface area contributed by atoms with Gasteiger partial charge in [0, 0.05) is 0 Å². The molecule has 1 aliphatic rings. The first-order chi connectivity index (χ1) is 8.77. The van der Waals surface area contributed by atoms with Gasteiger partial charge in [0.05, 0.1) is 5.54 Å². The zero-order valence-electron chi connectivity index (χ0n) is 11.0. The second-order valence-corrected chi connectivity index (χ2v) is 5.00. The van der Waals surface area contributed by atoms with Crippen molar-refractivity contribution < 1.29 is 4.79 Å². The maximum Gasteiger partial charge on any atom is 0.244 e. The molecule has 0 aromatic heterocycles. The Labute approximate surface area is 109 Å². The molecule has 0 saturated heterocycles. The van der Waals surface area contributed by atoms with Crippen LogP contribution in [0, 0.1) is 0 Å². The minimum atomic E-state index is -0.157. The van der Waals surface area contributed by atoms with Gasteiger partial charge in [0.15, 0.2) is 0 Å². The maximum atomic E-state index is 11.9. The van der Waals surface area contributed by atoms with Crippen molar-refractivity contribution in [3.8, 4) is 0 Å². The van der Waals surface area contributed by atoms with Crippen LogP contribution < -0.4 is 5.32 Å². The molecule has 0 heterocycles. The molecule has 0 unspecified atom stereocenters. The van der Waals surface area contributed by atoms with Gasteiger partial charge in [-0.2, -0.15) is 0 Å². The molecule has 0 aliphatic heterocycles. The van der Waals surface area contributed by atoms with Gasteiger partial charge in [-0.15, -0.1) is 0 Å². The lowest BCUT2D eigenvalue weighted by Crippen LogP contribution is -2.46. The number of benzene rings is 1. The number of allylic oxidation sites excluding steroid dienone is 1. The van der Waals surface area contributed by atoms with Gasteiger partial charge >= 0.3 is 0 Å². The molecule has 1 N–H and O–H groups in total. The highest BCUT2D eigenvalue weighted by Crippen LogP contribution is 2.36. The van der Waals surface area contributed by atoms with E-state index in [1.807, 2.05) is 25.1 Å². The summed E-state index contributed by atoms with van der Waals surface area (Å²) in [6, 6.07) is 10.4. The van der Waals surface area contributed by atoms with Crippen LogP contribution in [-0.2, 0) is 10.3 Å². The number of amides is 1. The molecule has 2 heteroatoms. The molecule has 2 nitrogen and oxygen atoms in total. The summed E-state index contributed by atoms with van der Waals surface area (Å²) >= 11 is 0. The van der Waals surface area contributed by atoms with Gasteiger partial charge in [0.1, 0.15) is 0 Å². The van der Waals surface area contributed by atoms with Crippen molar-refractivity contribution in [2.24, 2.45) is 0 Å². The van der Waals surface area contributed by atoms with E-state index in [9.17, 15) is 4.79 Å². The van der Waals surface area contributed by atoms with Gasteiger partial charge in [0.25, 0.3) is 0 Å². The Bertz CT molecular complexity index is 416. The fourth-order valence-electron chi connectivity index (χ4n) is 2.83. The highest BCUT2D eigenvalue weighted by Gasteiger charge is 2.34. The SMILES string of the molecule is C/C=C/C(=O)NC1(c2ccccc2)CCCCC1. The van der Waals surface area contributed by atoms with E-state index in [0.717, 1.165) is 12.8 Å². The Morgan fingerprint density at radius 1 is 1.17 bits per heavy atom. The fourth-order valence-corrected chi connectivity index (χ4v) is 2.83. The fraction of sp³-hybridized carbons (Fsp3) is 0.438. The van der Waals surface area contributed by atoms with Gasteiger partial charge < -0.3 is 5.32 Å². The van der Waals surface area contributed by atoms with E-state index in [4.69, 9.17) is 0 Å². The number of hydrogen-bond donors (Lipinski definition) is 1. The van der Waals surface area contributed by atoms with Crippen molar-refractivity contribution in [2.75, 3.05) is 0 Å². The van der Waals surface area contributed by atoms with Gasteiger partial charge in [-0.1, -0.05) is 55.7 Å². The third kappa shape index (κ3) is 2.81. The summed E-state index contributed by atoms with van der Waals surface area (Å²) in [6.45, 7) is 1.87. The standard InChI is InChI=1S/C16H21NO/c1-2-9-15(18)17-16(12-7-4-8-13-16)14-10-5-3-6-11-14/h2-3,5-6,9-11H,4,7-8,12-13H2,1H3,(H,17,18)/b9-2+. The first-order valence-corrected chi connectivity index (χ1v) is 6.77. The number of carbonyl (C=O) groups is 1. The number of hydrogen-bond acceptors (Lipinski definition) is 1. The molecule has 0 bridgehead atoms. The van der Waals surface area contributed by atoms with E-state index in [2.05, 4.69) is 17.4 Å². The molecular formula is C16H21NO. The van der Waals surface area contributed by atoms with Crippen molar-refractivity contribution in [2.45, 2.75) is 44.6 Å². The summed E-state index contributed by atoms with van der Waals surface area (Å²) in [7, 11) is 0. The highest BCUT2D eigenvalue weighted by atomic mass is 16.1. The molecule has 0 spiro atoms. The molecule has 96 valence electrons. The molecule has 0 radical (unpaired) electrons. The van der Waals surface area contributed by atoms with Crippen molar-refractivity contribution in [1.29, 1.82) is 0 Å². The minimum absolute atomic E-state index is 0.0169. The van der Waals surface area contributed by atoms with Crippen LogP contribution in [0.25, 0.3) is 0 Å². The predicted octanol–water partition coefficient (Wildman–Crippen LogP) is 3.54. The lowest BCUT2D eigenvalue weighted by atomic mass is 9.76. The van der Waals surface area contributed by atoms with Crippen LogP contribution in [-0.4, -0.2) is 5.91 Å². The maximum absolute atomic E-state index is 11.9. The second kappa shape index (κ2) is 5.85. The summed E-state index contributed by atoms with van der Waals surface area (Å²) in [6.07, 6.45) is 9.13. The van der Waals surface area contributed by atoms with Crippen LogP contribution in [0.1, 0.15) is 44.6 Å². The molecule has 0 atom stereocenters. The van der Waals surface area contributed by atoms with Gasteiger partial charge in [-0.25, -0.2) is 0 Å². The van der Waals surface area contributed by atoms with Crippen LogP contribution in [0.4, 0.5) is 0 Å². The average Bonchev–Trinajstić information content (AvgIpc) is 2.41. The van der Waals surface area contributed by atoms with Gasteiger partial charge in [-0.3, -0.25) is 4.79 Å². The molecule has 1 aromatic rings. The molecular weight excluding hydrogens is 222 g/mol. The predicted molar refractivity (Wildman–Crippen MR) is 74.2 cm³/mol. The third-order valence-corrected chi connectivity index (χ3v) is 3.71. The average molecular weight is 243 g/mol. The number of nitrogens with one attached hydrogen (secondary N) is 1. The lowest BCUT2D eigenvalue weighted by molar-refractivity contribution is -0.119. The zero-order chi connectivity index (χ0) is 12.8. The Morgan fingerprint density at radius 2 is 1.83 bits per heavy atom. The van der Waals surface area contributed by atoms with Crippen molar-refractivity contribution in [3.63, 3.8) is 0 Å². The van der Waals surface area contributed by atoms with Crippen LogP contribution in [0.15, 0.2) is 42.5 Å². The van der Waals surface area contributed by atoms with E-state index in [1.54, 1.807) is 12.2 Å². The Hall–Kier alpha value is -1.57. The van der Waals surface area contributed by atoms with Crippen LogP contribution in [0.3, 0.4) is 0 Å². The topological polar surface area (TPSA) is 29.1 Å². The Kier molecular flexibility index (Phi) is 4.19. The van der Waals surface area contributed by atoms with Crippen molar-refractivity contribution in [3.05, 3.63) is 48.0 Å². The zero-order valence-corrected chi connectivity index (χ0v) is 11.0. The normalized spacial score (nSPS) is 18.7. The first kappa shape index (κ1) is 12.9.